The van der Waals surface area contributed by atoms with Gasteiger partial charge < -0.3 is 14.2 Å². The Bertz CT molecular complexity index is 495. The van der Waals surface area contributed by atoms with Crippen LogP contribution in [0, 0.1) is 10.8 Å². The first-order valence-corrected chi connectivity index (χ1v) is 10.3. The van der Waals surface area contributed by atoms with Crippen LogP contribution in [0.5, 0.6) is 5.88 Å². The van der Waals surface area contributed by atoms with Gasteiger partial charge >= 0.3 is 0 Å². The van der Waals surface area contributed by atoms with Crippen LogP contribution in [-0.4, -0.2) is 43.2 Å². The van der Waals surface area contributed by atoms with E-state index in [-0.39, 0.29) is 16.9 Å². The van der Waals surface area contributed by atoms with Gasteiger partial charge in [-0.25, -0.2) is 0 Å². The Hall–Kier alpha value is -1.20. The van der Waals surface area contributed by atoms with E-state index in [2.05, 4.69) is 37.9 Å². The van der Waals surface area contributed by atoms with Crippen LogP contribution in [0.4, 0.5) is 0 Å². The Morgan fingerprint density at radius 3 is 1.93 bits per heavy atom. The Morgan fingerprint density at radius 2 is 1.48 bits per heavy atom. The van der Waals surface area contributed by atoms with Gasteiger partial charge in [0, 0.05) is 33.1 Å². The maximum Gasteiger partial charge on any atom is 0.233 e. The van der Waals surface area contributed by atoms with E-state index in [0.717, 1.165) is 31.6 Å². The van der Waals surface area contributed by atoms with Crippen LogP contribution in [0.1, 0.15) is 73.9 Å². The summed E-state index contributed by atoms with van der Waals surface area (Å²) in [7, 11) is 3.49. The van der Waals surface area contributed by atoms with Crippen molar-refractivity contribution in [2.45, 2.75) is 86.9 Å². The van der Waals surface area contributed by atoms with E-state index in [9.17, 15) is 0 Å². The normalized spacial score (nSPS) is 19.0. The minimum absolute atomic E-state index is 0.0553. The predicted octanol–water partition coefficient (Wildman–Crippen LogP) is 5.33. The number of hydrogen-bond donors (Lipinski definition) is 0. The van der Waals surface area contributed by atoms with Gasteiger partial charge in [-0.15, -0.1) is 5.10 Å². The minimum Gasteiger partial charge on any atom is -0.473 e. The predicted molar refractivity (Wildman–Crippen MR) is 112 cm³/mol. The summed E-state index contributed by atoms with van der Waals surface area (Å²) in [6.45, 7) is 17.7. The van der Waals surface area contributed by atoms with E-state index in [1.54, 1.807) is 14.2 Å². The number of ether oxygens (including phenoxy) is 3. The van der Waals surface area contributed by atoms with Crippen LogP contribution >= 0.6 is 0 Å². The molecular formula is C22H42N2O3. The van der Waals surface area contributed by atoms with Crippen molar-refractivity contribution in [1.82, 2.24) is 10.2 Å². The average molecular weight is 383 g/mol. The van der Waals surface area contributed by atoms with E-state index >= 15 is 0 Å². The lowest BCUT2D eigenvalue weighted by molar-refractivity contribution is -0.0400. The van der Waals surface area contributed by atoms with Crippen molar-refractivity contribution >= 4 is 0 Å². The molecule has 5 nitrogen and oxygen atoms in total. The maximum absolute atomic E-state index is 5.80. The third-order valence-corrected chi connectivity index (χ3v) is 5.33. The second-order valence-electron chi connectivity index (χ2n) is 7.81. The Morgan fingerprint density at radius 1 is 0.889 bits per heavy atom. The molecule has 0 unspecified atom stereocenters. The highest BCUT2D eigenvalue weighted by Crippen LogP contribution is 2.41. The van der Waals surface area contributed by atoms with Crippen LogP contribution in [0.3, 0.4) is 0 Å². The maximum atomic E-state index is 5.80. The summed E-state index contributed by atoms with van der Waals surface area (Å²) in [4.78, 5) is 0. The molecule has 0 bridgehead atoms. The van der Waals surface area contributed by atoms with Crippen LogP contribution < -0.4 is 4.74 Å². The summed E-state index contributed by atoms with van der Waals surface area (Å²) < 4.78 is 16.4. The van der Waals surface area contributed by atoms with Crippen molar-refractivity contribution in [3.8, 4) is 5.88 Å². The smallest absolute Gasteiger partial charge is 0.233 e. The Balaban J connectivity index is 0.00000158. The number of rotatable bonds is 8. The van der Waals surface area contributed by atoms with E-state index < -0.39 is 0 Å². The molecule has 0 aromatic carbocycles. The largest absolute Gasteiger partial charge is 0.473 e. The summed E-state index contributed by atoms with van der Waals surface area (Å²) in [6, 6.07) is 3.93. The summed E-state index contributed by atoms with van der Waals surface area (Å²) in [6.07, 6.45) is 3.25. The molecule has 0 saturated heterocycles. The molecule has 27 heavy (non-hydrogen) atoms. The standard InChI is InChI=1S/C18H30N2O3.2C2H6/c1-17(2,18(3,4)12-21-5)11-13-7-8-16(20-19-13)23-15-9-14(10-15)22-6;2*1-2/h7-8,14-15H,9-12H2,1-6H3;2*1-2H3. The van der Waals surface area contributed by atoms with E-state index in [1.165, 1.54) is 0 Å². The van der Waals surface area contributed by atoms with Gasteiger partial charge in [0.15, 0.2) is 0 Å². The zero-order chi connectivity index (χ0) is 21.1. The summed E-state index contributed by atoms with van der Waals surface area (Å²) in [5.74, 6) is 0.599. The lowest BCUT2D eigenvalue weighted by Gasteiger charge is -2.41. The summed E-state index contributed by atoms with van der Waals surface area (Å²) in [5.41, 5.74) is 1.09. The average Bonchev–Trinajstić information content (AvgIpc) is 2.62. The molecule has 0 aliphatic heterocycles. The fourth-order valence-corrected chi connectivity index (χ4v) is 2.73. The van der Waals surface area contributed by atoms with Gasteiger partial charge in [0.05, 0.1) is 18.4 Å². The highest BCUT2D eigenvalue weighted by atomic mass is 16.5. The van der Waals surface area contributed by atoms with Gasteiger partial charge in [-0.1, -0.05) is 55.4 Å². The molecule has 0 N–H and O–H groups in total. The molecule has 1 saturated carbocycles. The highest BCUT2D eigenvalue weighted by molar-refractivity contribution is 5.14. The van der Waals surface area contributed by atoms with Crippen molar-refractivity contribution in [2.75, 3.05) is 20.8 Å². The van der Waals surface area contributed by atoms with Crippen LogP contribution in [0.15, 0.2) is 12.1 Å². The molecule has 1 fully saturated rings. The van der Waals surface area contributed by atoms with Crippen LogP contribution in [0.25, 0.3) is 0 Å². The zero-order valence-electron chi connectivity index (χ0n) is 19.3. The first-order valence-electron chi connectivity index (χ1n) is 10.3. The molecule has 1 aliphatic carbocycles. The minimum atomic E-state index is 0.0553. The highest BCUT2D eigenvalue weighted by Gasteiger charge is 2.37. The van der Waals surface area contributed by atoms with E-state index in [1.807, 2.05) is 39.8 Å². The molecule has 0 amide bonds. The zero-order valence-corrected chi connectivity index (χ0v) is 19.3. The molecule has 1 aliphatic rings. The van der Waals surface area contributed by atoms with Gasteiger partial charge in [0.25, 0.3) is 0 Å². The van der Waals surface area contributed by atoms with Crippen LogP contribution in [-0.2, 0) is 15.9 Å². The Labute approximate surface area is 167 Å². The fourth-order valence-electron chi connectivity index (χ4n) is 2.73. The second-order valence-corrected chi connectivity index (χ2v) is 7.81. The number of nitrogens with zero attached hydrogens (tertiary/aromatic N) is 2. The summed E-state index contributed by atoms with van der Waals surface area (Å²) in [5, 5.41) is 8.56. The van der Waals surface area contributed by atoms with E-state index in [0.29, 0.717) is 12.0 Å². The van der Waals surface area contributed by atoms with Crippen molar-refractivity contribution in [3.63, 3.8) is 0 Å². The van der Waals surface area contributed by atoms with Gasteiger partial charge in [-0.3, -0.25) is 0 Å². The van der Waals surface area contributed by atoms with Crippen molar-refractivity contribution in [2.24, 2.45) is 10.8 Å². The molecule has 1 aromatic heterocycles. The van der Waals surface area contributed by atoms with Crippen molar-refractivity contribution in [3.05, 3.63) is 17.8 Å². The molecule has 0 spiro atoms. The third-order valence-electron chi connectivity index (χ3n) is 5.33. The molecular weight excluding hydrogens is 340 g/mol. The fraction of sp³-hybridized carbons (Fsp3) is 0.818. The molecule has 1 heterocycles. The van der Waals surface area contributed by atoms with Crippen molar-refractivity contribution < 1.29 is 14.2 Å². The monoisotopic (exact) mass is 382 g/mol. The quantitative estimate of drug-likeness (QED) is 0.608. The van der Waals surface area contributed by atoms with Crippen molar-refractivity contribution in [1.29, 1.82) is 0 Å². The number of hydrogen-bond acceptors (Lipinski definition) is 5. The lowest BCUT2D eigenvalue weighted by Crippen LogP contribution is -2.39. The van der Waals surface area contributed by atoms with Gasteiger partial charge in [0.2, 0.25) is 5.88 Å². The first-order chi connectivity index (χ1) is 12.8. The molecule has 0 radical (unpaired) electrons. The lowest BCUT2D eigenvalue weighted by atomic mass is 9.66. The second kappa shape index (κ2) is 12.3. The molecule has 5 heteroatoms. The molecule has 158 valence electrons. The molecule has 0 atom stereocenters. The van der Waals surface area contributed by atoms with E-state index in [4.69, 9.17) is 14.2 Å². The topological polar surface area (TPSA) is 53.5 Å². The SMILES string of the molecule is CC.CC.COCC(C)(C)C(C)(C)Cc1ccc(OC2CC(OC)C2)nn1. The van der Waals surface area contributed by atoms with Gasteiger partial charge in [-0.2, -0.15) is 5.10 Å². The number of aromatic nitrogens is 2. The van der Waals surface area contributed by atoms with Gasteiger partial charge in [-0.05, 0) is 23.3 Å². The number of methoxy groups -OCH3 is 2. The molecule has 1 aromatic rings. The van der Waals surface area contributed by atoms with Crippen LogP contribution in [0.2, 0.25) is 0 Å². The summed E-state index contributed by atoms with van der Waals surface area (Å²) >= 11 is 0. The van der Waals surface area contributed by atoms with Gasteiger partial charge in [0.1, 0.15) is 6.10 Å². The molecule has 2 rings (SSSR count). The third kappa shape index (κ3) is 7.74. The Kier molecular flexibility index (Phi) is 11.7. The first kappa shape index (κ1) is 25.8.